The minimum absolute atomic E-state index is 0.0927. The van der Waals surface area contributed by atoms with Crippen molar-refractivity contribution in [2.24, 2.45) is 0 Å². The summed E-state index contributed by atoms with van der Waals surface area (Å²) in [6.45, 7) is 3.21. The molecule has 0 aromatic rings. The van der Waals surface area contributed by atoms with Crippen molar-refractivity contribution in [3.63, 3.8) is 0 Å². The number of Topliss-reactive ketones (excluding diaryl/α,β-unsaturated/α-hetero) is 1. The number of ketones is 1. The second kappa shape index (κ2) is 5.86. The zero-order chi connectivity index (χ0) is 13.0. The predicted octanol–water partition coefficient (Wildman–Crippen LogP) is 0.946. The largest absolute Gasteiger partial charge is 0.478 e. The molecule has 0 spiro atoms. The van der Waals surface area contributed by atoms with Crippen molar-refractivity contribution in [2.75, 3.05) is 5.75 Å². The summed E-state index contributed by atoms with van der Waals surface area (Å²) < 4.78 is 0. The van der Waals surface area contributed by atoms with Gasteiger partial charge in [-0.25, -0.2) is 4.79 Å². The van der Waals surface area contributed by atoms with Crippen molar-refractivity contribution in [1.29, 1.82) is 0 Å². The molecule has 1 rings (SSSR count). The normalized spacial score (nSPS) is 17.2. The predicted molar refractivity (Wildman–Crippen MR) is 64.6 cm³/mol. The van der Waals surface area contributed by atoms with Gasteiger partial charge in [-0.1, -0.05) is 0 Å². The van der Waals surface area contributed by atoms with Crippen LogP contribution in [0.3, 0.4) is 0 Å². The van der Waals surface area contributed by atoms with Crippen LogP contribution in [0, 0.1) is 0 Å². The molecule has 0 bridgehead atoms. The molecule has 0 radical (unpaired) electrons. The Kier molecular flexibility index (Phi) is 4.74. The lowest BCUT2D eigenvalue weighted by atomic mass is 10.2. The maximum Gasteiger partial charge on any atom is 0.332 e. The van der Waals surface area contributed by atoms with E-state index in [1.54, 1.807) is 6.92 Å². The first-order chi connectivity index (χ1) is 7.91. The summed E-state index contributed by atoms with van der Waals surface area (Å²) in [5, 5.41) is 11.5. The van der Waals surface area contributed by atoms with Gasteiger partial charge in [0.05, 0.1) is 5.37 Å². The van der Waals surface area contributed by atoms with Gasteiger partial charge in [-0.15, -0.1) is 11.8 Å². The highest BCUT2D eigenvalue weighted by Crippen LogP contribution is 2.27. The molecule has 1 unspecified atom stereocenters. The van der Waals surface area contributed by atoms with E-state index in [0.717, 1.165) is 0 Å². The third-order valence-electron chi connectivity index (χ3n) is 2.45. The Morgan fingerprint density at radius 1 is 1.47 bits per heavy atom. The molecule has 0 fully saturated rings. The van der Waals surface area contributed by atoms with Gasteiger partial charge in [-0.3, -0.25) is 9.59 Å². The van der Waals surface area contributed by atoms with E-state index in [2.05, 4.69) is 5.32 Å². The summed E-state index contributed by atoms with van der Waals surface area (Å²) in [6.07, 6.45) is 0.602. The van der Waals surface area contributed by atoms with Gasteiger partial charge in [-0.05, 0) is 13.3 Å². The summed E-state index contributed by atoms with van der Waals surface area (Å²) in [5.41, 5.74) is 0.609. The van der Waals surface area contributed by atoms with E-state index in [0.29, 0.717) is 17.7 Å². The second-order valence-electron chi connectivity index (χ2n) is 3.84. The fourth-order valence-corrected chi connectivity index (χ4v) is 2.65. The molecular formula is C11H15NO4S. The molecule has 0 aliphatic heterocycles. The van der Waals surface area contributed by atoms with Crippen LogP contribution in [0.5, 0.6) is 0 Å². The highest BCUT2D eigenvalue weighted by molar-refractivity contribution is 8.00. The monoisotopic (exact) mass is 257 g/mol. The molecule has 94 valence electrons. The van der Waals surface area contributed by atoms with Crippen LogP contribution >= 0.6 is 11.8 Å². The maximum absolute atomic E-state index is 11.5. The van der Waals surface area contributed by atoms with Gasteiger partial charge in [0.25, 0.3) is 0 Å². The first-order valence-electron chi connectivity index (χ1n) is 5.29. The third kappa shape index (κ3) is 3.89. The number of carbonyl (C=O) groups excluding carboxylic acids is 2. The minimum atomic E-state index is -1.02. The van der Waals surface area contributed by atoms with Crippen molar-refractivity contribution < 1.29 is 19.5 Å². The molecule has 1 atom stereocenters. The maximum atomic E-state index is 11.5. The Labute approximate surface area is 104 Å². The summed E-state index contributed by atoms with van der Waals surface area (Å²) in [7, 11) is 0. The van der Waals surface area contributed by atoms with Crippen molar-refractivity contribution in [3.8, 4) is 0 Å². The zero-order valence-electron chi connectivity index (χ0n) is 9.78. The van der Waals surface area contributed by atoms with Crippen LogP contribution < -0.4 is 5.32 Å². The van der Waals surface area contributed by atoms with Gasteiger partial charge in [0.1, 0.15) is 0 Å². The molecule has 0 saturated heterocycles. The molecule has 0 aromatic heterocycles. The van der Waals surface area contributed by atoms with Crippen LogP contribution in [-0.2, 0) is 14.4 Å². The third-order valence-corrected chi connectivity index (χ3v) is 3.52. The van der Waals surface area contributed by atoms with E-state index in [1.807, 2.05) is 0 Å². The molecule has 1 aliphatic carbocycles. The van der Waals surface area contributed by atoms with Crippen molar-refractivity contribution in [3.05, 3.63) is 11.1 Å². The Morgan fingerprint density at radius 3 is 2.65 bits per heavy atom. The van der Waals surface area contributed by atoms with Gasteiger partial charge in [-0.2, -0.15) is 0 Å². The molecular weight excluding hydrogens is 242 g/mol. The Balaban J connectivity index is 2.60. The van der Waals surface area contributed by atoms with Crippen molar-refractivity contribution in [1.82, 2.24) is 5.32 Å². The number of rotatable bonds is 5. The van der Waals surface area contributed by atoms with Crippen LogP contribution in [0.1, 0.15) is 26.7 Å². The molecule has 5 nitrogen and oxygen atoms in total. The van der Waals surface area contributed by atoms with Gasteiger partial charge in [0.15, 0.2) is 5.78 Å². The fourth-order valence-electron chi connectivity index (χ4n) is 1.65. The van der Waals surface area contributed by atoms with E-state index in [1.165, 1.54) is 18.7 Å². The van der Waals surface area contributed by atoms with Crippen LogP contribution in [0.2, 0.25) is 0 Å². The summed E-state index contributed by atoms with van der Waals surface area (Å²) >= 11 is 1.35. The van der Waals surface area contributed by atoms with Crippen molar-refractivity contribution >= 4 is 29.4 Å². The average Bonchev–Trinajstić information content (AvgIpc) is 2.55. The highest BCUT2D eigenvalue weighted by atomic mass is 32.2. The number of thioether (sulfide) groups is 1. The number of carboxylic acids is 1. The number of amides is 1. The number of carbonyl (C=O) groups is 3. The number of aliphatic carboxylic acids is 1. The van der Waals surface area contributed by atoms with Crippen LogP contribution in [0.15, 0.2) is 11.1 Å². The van der Waals surface area contributed by atoms with Gasteiger partial charge >= 0.3 is 5.97 Å². The topological polar surface area (TPSA) is 83.5 Å². The smallest absolute Gasteiger partial charge is 0.332 e. The molecule has 0 aromatic carbocycles. The number of carboxylic acid groups (broad SMARTS) is 1. The first kappa shape index (κ1) is 13.8. The second-order valence-corrected chi connectivity index (χ2v) is 5.17. The average molecular weight is 257 g/mol. The van der Waals surface area contributed by atoms with Gasteiger partial charge < -0.3 is 10.4 Å². The van der Waals surface area contributed by atoms with E-state index < -0.39 is 5.97 Å². The highest BCUT2D eigenvalue weighted by Gasteiger charge is 2.27. The van der Waals surface area contributed by atoms with Crippen molar-refractivity contribution in [2.45, 2.75) is 32.1 Å². The lowest BCUT2D eigenvalue weighted by molar-refractivity contribution is -0.132. The van der Waals surface area contributed by atoms with E-state index >= 15 is 0 Å². The lowest BCUT2D eigenvalue weighted by Gasteiger charge is -2.12. The van der Waals surface area contributed by atoms with Gasteiger partial charge in [0.2, 0.25) is 5.91 Å². The van der Waals surface area contributed by atoms with E-state index in [9.17, 15) is 14.4 Å². The Bertz CT molecular complexity index is 389. The molecule has 0 saturated carbocycles. The van der Waals surface area contributed by atoms with E-state index in [-0.39, 0.29) is 29.1 Å². The summed E-state index contributed by atoms with van der Waals surface area (Å²) in [6, 6.07) is 0. The SMILES string of the molecule is CC(=O)NC(C)SCC1=C(C(=O)O)CCC1=O. The fraction of sp³-hybridized carbons (Fsp3) is 0.545. The number of hydrogen-bond donors (Lipinski definition) is 2. The van der Waals surface area contributed by atoms with Crippen LogP contribution in [0.4, 0.5) is 0 Å². The molecule has 2 N–H and O–H groups in total. The standard InChI is InChI=1S/C11H15NO4S/c1-6(13)12-7(2)17-5-9-8(11(15)16)3-4-10(9)14/h7H,3-5H2,1-2H3,(H,12,13)(H,15,16). The molecule has 1 aliphatic rings. The van der Waals surface area contributed by atoms with E-state index in [4.69, 9.17) is 5.11 Å². The quantitative estimate of drug-likeness (QED) is 0.716. The molecule has 6 heteroatoms. The summed E-state index contributed by atoms with van der Waals surface area (Å²) in [5.74, 6) is -0.916. The van der Waals surface area contributed by atoms with Gasteiger partial charge in [0, 0.05) is 30.2 Å². The number of nitrogens with one attached hydrogen (secondary N) is 1. The summed E-state index contributed by atoms with van der Waals surface area (Å²) in [4.78, 5) is 33.2. The Morgan fingerprint density at radius 2 is 2.12 bits per heavy atom. The Hall–Kier alpha value is -1.30. The first-order valence-corrected chi connectivity index (χ1v) is 6.34. The molecule has 1 amide bonds. The van der Waals surface area contributed by atoms with Crippen LogP contribution in [-0.4, -0.2) is 33.9 Å². The molecule has 17 heavy (non-hydrogen) atoms. The minimum Gasteiger partial charge on any atom is -0.478 e. The van der Waals surface area contributed by atoms with Crippen LogP contribution in [0.25, 0.3) is 0 Å². The number of hydrogen-bond acceptors (Lipinski definition) is 4. The zero-order valence-corrected chi connectivity index (χ0v) is 10.6. The molecule has 0 heterocycles. The lowest BCUT2D eigenvalue weighted by Crippen LogP contribution is -2.28.